The highest BCUT2D eigenvalue weighted by atomic mass is 16.6. The van der Waals surface area contributed by atoms with Gasteiger partial charge in [-0.2, -0.15) is 0 Å². The Bertz CT molecular complexity index is 436. The van der Waals surface area contributed by atoms with Crippen molar-refractivity contribution in [3.05, 3.63) is 0 Å². The molecule has 0 amide bonds. The Morgan fingerprint density at radius 3 is 1.45 bits per heavy atom. The lowest BCUT2D eigenvalue weighted by Crippen LogP contribution is -2.47. The Morgan fingerprint density at radius 1 is 0.655 bits per heavy atom. The predicted octanol–water partition coefficient (Wildman–Crippen LogP) is 4.12. The van der Waals surface area contributed by atoms with Gasteiger partial charge in [0.2, 0.25) is 0 Å². The molecule has 8 heteroatoms. The molecule has 0 fully saturated rings. The quantitative estimate of drug-likeness (QED) is 0.212. The van der Waals surface area contributed by atoms with E-state index in [1.807, 2.05) is 0 Å². The van der Waals surface area contributed by atoms with E-state index >= 15 is 0 Å². The Morgan fingerprint density at radius 2 is 1.07 bits per heavy atom. The molecule has 172 valence electrons. The van der Waals surface area contributed by atoms with Gasteiger partial charge >= 0.3 is 17.9 Å². The molecule has 0 radical (unpaired) electrons. The van der Waals surface area contributed by atoms with Gasteiger partial charge in [-0.25, -0.2) is 4.79 Å². The van der Waals surface area contributed by atoms with Crippen molar-refractivity contribution in [2.45, 2.75) is 89.6 Å². The van der Waals surface area contributed by atoms with Crippen molar-refractivity contribution in [2.75, 3.05) is 27.9 Å². The SMILES string of the molecule is CCCCCCCCCCCCOC(CC(=O)OC)(CC(=O)OC)C(=O)OC.N. The summed E-state index contributed by atoms with van der Waals surface area (Å²) < 4.78 is 19.8. The van der Waals surface area contributed by atoms with E-state index in [1.54, 1.807) is 0 Å². The van der Waals surface area contributed by atoms with Crippen LogP contribution in [0, 0.1) is 0 Å². The molecule has 3 N–H and O–H groups in total. The molecule has 0 bridgehead atoms. The number of unbranched alkanes of at least 4 members (excludes halogenated alkanes) is 9. The van der Waals surface area contributed by atoms with Gasteiger partial charge in [-0.05, 0) is 6.42 Å². The molecule has 0 unspecified atom stereocenters. The van der Waals surface area contributed by atoms with Crippen LogP contribution in [0.1, 0.15) is 84.0 Å². The maximum Gasteiger partial charge on any atom is 0.339 e. The largest absolute Gasteiger partial charge is 0.469 e. The van der Waals surface area contributed by atoms with Crippen LogP contribution in [0.2, 0.25) is 0 Å². The second-order valence-corrected chi connectivity index (χ2v) is 7.02. The number of methoxy groups -OCH3 is 3. The van der Waals surface area contributed by atoms with Gasteiger partial charge in [0.05, 0.1) is 34.2 Å². The van der Waals surface area contributed by atoms with Crippen molar-refractivity contribution in [1.29, 1.82) is 0 Å². The van der Waals surface area contributed by atoms with Gasteiger partial charge in [-0.1, -0.05) is 64.7 Å². The van der Waals surface area contributed by atoms with E-state index in [2.05, 4.69) is 16.4 Å². The molecular weight excluding hydrogens is 378 g/mol. The molecule has 0 saturated carbocycles. The summed E-state index contributed by atoms with van der Waals surface area (Å²) in [6.07, 6.45) is 10.9. The molecule has 0 rings (SSSR count). The Kier molecular flexibility index (Phi) is 18.7. The summed E-state index contributed by atoms with van der Waals surface area (Å²) in [5, 5.41) is 0. The van der Waals surface area contributed by atoms with Gasteiger partial charge in [-0.15, -0.1) is 0 Å². The smallest absolute Gasteiger partial charge is 0.339 e. The lowest BCUT2D eigenvalue weighted by Gasteiger charge is -2.29. The minimum atomic E-state index is -1.71. The zero-order chi connectivity index (χ0) is 21.3. The average Bonchev–Trinajstić information content (AvgIpc) is 2.70. The molecule has 0 atom stereocenters. The third-order valence-electron chi connectivity index (χ3n) is 4.75. The Labute approximate surface area is 175 Å². The zero-order valence-electron chi connectivity index (χ0n) is 18.8. The summed E-state index contributed by atoms with van der Waals surface area (Å²) in [7, 11) is 3.62. The highest BCUT2D eigenvalue weighted by Gasteiger charge is 2.45. The van der Waals surface area contributed by atoms with E-state index in [-0.39, 0.29) is 12.8 Å². The van der Waals surface area contributed by atoms with Crippen LogP contribution in [-0.4, -0.2) is 51.4 Å². The van der Waals surface area contributed by atoms with Crippen LogP contribution < -0.4 is 6.15 Å². The number of hydrogen-bond donors (Lipinski definition) is 1. The first-order valence-corrected chi connectivity index (χ1v) is 10.3. The van der Waals surface area contributed by atoms with Gasteiger partial charge in [0.1, 0.15) is 0 Å². The van der Waals surface area contributed by atoms with Crippen LogP contribution in [0.25, 0.3) is 0 Å². The summed E-state index contributed by atoms with van der Waals surface area (Å²) in [5.74, 6) is -2.09. The molecule has 0 aliphatic heterocycles. The molecule has 0 spiro atoms. The van der Waals surface area contributed by atoms with Gasteiger partial charge in [0, 0.05) is 6.61 Å². The minimum Gasteiger partial charge on any atom is -0.469 e. The molecular formula is C21H41NO7. The Balaban J connectivity index is 0. The Hall–Kier alpha value is -1.67. The van der Waals surface area contributed by atoms with E-state index in [0.29, 0.717) is 0 Å². The first-order chi connectivity index (χ1) is 13.5. The van der Waals surface area contributed by atoms with Gasteiger partial charge in [-0.3, -0.25) is 9.59 Å². The molecule has 0 aliphatic carbocycles. The summed E-state index contributed by atoms with van der Waals surface area (Å²) in [5.41, 5.74) is -1.71. The summed E-state index contributed by atoms with van der Waals surface area (Å²) in [4.78, 5) is 35.8. The van der Waals surface area contributed by atoms with E-state index in [9.17, 15) is 14.4 Å². The monoisotopic (exact) mass is 419 g/mol. The molecule has 0 saturated heterocycles. The molecule has 0 heterocycles. The normalized spacial score (nSPS) is 10.8. The highest BCUT2D eigenvalue weighted by molar-refractivity contribution is 5.90. The number of rotatable bonds is 17. The van der Waals surface area contributed by atoms with E-state index in [1.165, 1.54) is 66.3 Å². The molecule has 0 aromatic carbocycles. The van der Waals surface area contributed by atoms with Crippen molar-refractivity contribution < 1.29 is 33.3 Å². The van der Waals surface area contributed by atoms with E-state index in [0.717, 1.165) is 19.3 Å². The first-order valence-electron chi connectivity index (χ1n) is 10.3. The third-order valence-corrected chi connectivity index (χ3v) is 4.75. The lowest BCUT2D eigenvalue weighted by molar-refractivity contribution is -0.182. The van der Waals surface area contributed by atoms with E-state index in [4.69, 9.17) is 9.47 Å². The van der Waals surface area contributed by atoms with Crippen LogP contribution in [0.5, 0.6) is 0 Å². The zero-order valence-corrected chi connectivity index (χ0v) is 18.8. The van der Waals surface area contributed by atoms with Gasteiger partial charge < -0.3 is 25.1 Å². The van der Waals surface area contributed by atoms with Crippen molar-refractivity contribution in [3.63, 3.8) is 0 Å². The number of carbonyl (C=O) groups excluding carboxylic acids is 3. The molecule has 0 aromatic heterocycles. The number of carbonyl (C=O) groups is 3. The van der Waals surface area contributed by atoms with Crippen LogP contribution in [0.15, 0.2) is 0 Å². The lowest BCUT2D eigenvalue weighted by atomic mass is 9.95. The van der Waals surface area contributed by atoms with Crippen molar-refractivity contribution in [1.82, 2.24) is 6.15 Å². The number of ether oxygens (including phenoxy) is 4. The fraction of sp³-hybridized carbons (Fsp3) is 0.857. The summed E-state index contributed by atoms with van der Waals surface area (Å²) in [6, 6.07) is 0. The van der Waals surface area contributed by atoms with Crippen molar-refractivity contribution in [2.24, 2.45) is 0 Å². The standard InChI is InChI=1S/C21H38O7.H3N/c1-5-6-7-8-9-10-11-12-13-14-15-28-21(20(24)27-4,16-18(22)25-2)17-19(23)26-3;/h5-17H2,1-4H3;1H3. The maximum atomic E-state index is 12.3. The number of esters is 3. The maximum absolute atomic E-state index is 12.3. The highest BCUT2D eigenvalue weighted by Crippen LogP contribution is 2.25. The average molecular weight is 420 g/mol. The number of hydrogen-bond acceptors (Lipinski definition) is 8. The fourth-order valence-corrected chi connectivity index (χ4v) is 3.02. The van der Waals surface area contributed by atoms with Crippen LogP contribution in [0.3, 0.4) is 0 Å². The molecule has 0 aliphatic rings. The molecule has 0 aromatic rings. The predicted molar refractivity (Wildman–Crippen MR) is 111 cm³/mol. The summed E-state index contributed by atoms with van der Waals surface area (Å²) in [6.45, 7) is 2.47. The minimum absolute atomic E-state index is 0. The fourth-order valence-electron chi connectivity index (χ4n) is 3.02. The van der Waals surface area contributed by atoms with Crippen molar-refractivity contribution in [3.8, 4) is 0 Å². The van der Waals surface area contributed by atoms with Gasteiger partial charge in [0.15, 0.2) is 5.60 Å². The summed E-state index contributed by atoms with van der Waals surface area (Å²) >= 11 is 0. The topological polar surface area (TPSA) is 123 Å². The van der Waals surface area contributed by atoms with Gasteiger partial charge in [0.25, 0.3) is 0 Å². The third kappa shape index (κ3) is 13.2. The van der Waals surface area contributed by atoms with Crippen LogP contribution in [-0.2, 0) is 33.3 Å². The van der Waals surface area contributed by atoms with Crippen molar-refractivity contribution >= 4 is 17.9 Å². The second-order valence-electron chi connectivity index (χ2n) is 7.02. The second kappa shape index (κ2) is 18.4. The van der Waals surface area contributed by atoms with E-state index < -0.39 is 36.4 Å². The molecule has 8 nitrogen and oxygen atoms in total. The van der Waals surface area contributed by atoms with Crippen LogP contribution >= 0.6 is 0 Å². The molecule has 29 heavy (non-hydrogen) atoms. The van der Waals surface area contributed by atoms with Crippen LogP contribution in [0.4, 0.5) is 0 Å². The first kappa shape index (κ1) is 29.5.